The zero-order chi connectivity index (χ0) is 9.14. The summed E-state index contributed by atoms with van der Waals surface area (Å²) in [7, 11) is 0. The van der Waals surface area contributed by atoms with Crippen molar-refractivity contribution in [2.24, 2.45) is 0 Å². The van der Waals surface area contributed by atoms with Crippen molar-refractivity contribution < 1.29 is 0 Å². The van der Waals surface area contributed by atoms with Gasteiger partial charge in [0.2, 0.25) is 0 Å². The van der Waals surface area contributed by atoms with E-state index in [-0.39, 0.29) is 5.50 Å². The average molecular weight is 336 g/mol. The van der Waals surface area contributed by atoms with E-state index in [0.29, 0.717) is 10.0 Å². The fourth-order valence-corrected chi connectivity index (χ4v) is 2.08. The van der Waals surface area contributed by atoms with E-state index in [1.165, 1.54) is 0 Å². The van der Waals surface area contributed by atoms with Gasteiger partial charge in [0, 0.05) is 38.5 Å². The molecule has 0 saturated heterocycles. The summed E-state index contributed by atoms with van der Waals surface area (Å²) in [4.78, 5) is 0. The molecule has 1 rings (SSSR count). The topological polar surface area (TPSA) is 12.0 Å². The first-order chi connectivity index (χ1) is 5.66. The van der Waals surface area contributed by atoms with Crippen molar-refractivity contribution in [2.45, 2.75) is 5.50 Å². The Bertz CT molecular complexity index is 259. The molecule has 0 fully saturated rings. The predicted molar refractivity (Wildman–Crippen MR) is 62.2 cm³/mol. The van der Waals surface area contributed by atoms with E-state index in [4.69, 9.17) is 34.8 Å². The first-order valence-electron chi connectivity index (χ1n) is 3.11. The van der Waals surface area contributed by atoms with Gasteiger partial charge in [0.1, 0.15) is 5.50 Å². The number of nitrogens with one attached hydrogen (secondary N) is 1. The quantitative estimate of drug-likeness (QED) is 0.370. The molecule has 0 aliphatic carbocycles. The fraction of sp³-hybridized carbons (Fsp3) is 0.143. The maximum atomic E-state index is 5.91. The van der Waals surface area contributed by atoms with Crippen molar-refractivity contribution in [3.05, 3.63) is 33.8 Å². The standard InChI is InChI=1S/C7H5Cl3IN/c8-4-2-1-3-5(9)6(4)7(10)12-11/h1-3,7,12H. The Balaban J connectivity index is 3.12. The van der Waals surface area contributed by atoms with Gasteiger partial charge < -0.3 is 0 Å². The molecule has 0 aliphatic rings. The van der Waals surface area contributed by atoms with Gasteiger partial charge in [-0.2, -0.15) is 0 Å². The molecule has 0 amide bonds. The third-order valence-corrected chi connectivity index (χ3v) is 3.33. The van der Waals surface area contributed by atoms with E-state index >= 15 is 0 Å². The number of hydrogen-bond donors (Lipinski definition) is 1. The van der Waals surface area contributed by atoms with E-state index in [1.807, 2.05) is 22.9 Å². The summed E-state index contributed by atoms with van der Waals surface area (Å²) in [5.74, 6) is 0. The lowest BCUT2D eigenvalue weighted by molar-refractivity contribution is 0.965. The van der Waals surface area contributed by atoms with Gasteiger partial charge in [-0.1, -0.05) is 40.9 Å². The summed E-state index contributed by atoms with van der Waals surface area (Å²) in [5.41, 5.74) is 0.365. The minimum absolute atomic E-state index is 0.355. The SMILES string of the molecule is Clc1cccc(Cl)c1C(Cl)NI. The van der Waals surface area contributed by atoms with Gasteiger partial charge >= 0.3 is 0 Å². The predicted octanol–water partition coefficient (Wildman–Crippen LogP) is 4.17. The molecule has 66 valence electrons. The Morgan fingerprint density at radius 3 is 2.17 bits per heavy atom. The summed E-state index contributed by atoms with van der Waals surface area (Å²) in [6.07, 6.45) is 0. The molecule has 1 unspecified atom stereocenters. The molecule has 1 nitrogen and oxygen atoms in total. The summed E-state index contributed by atoms with van der Waals surface area (Å²) >= 11 is 19.6. The molecule has 0 saturated carbocycles. The second kappa shape index (κ2) is 4.86. The molecule has 5 heteroatoms. The first-order valence-corrected chi connectivity index (χ1v) is 5.38. The Kier molecular flexibility index (Phi) is 4.40. The number of halogens is 4. The van der Waals surface area contributed by atoms with Gasteiger partial charge in [0.05, 0.1) is 0 Å². The Labute approximate surface area is 99.9 Å². The molecule has 0 aliphatic heterocycles. The van der Waals surface area contributed by atoms with Crippen LogP contribution in [-0.2, 0) is 0 Å². The highest BCUT2D eigenvalue weighted by Gasteiger charge is 2.13. The number of alkyl halides is 1. The zero-order valence-corrected chi connectivity index (χ0v) is 10.2. The van der Waals surface area contributed by atoms with Crippen LogP contribution in [0.1, 0.15) is 11.1 Å². The summed E-state index contributed by atoms with van der Waals surface area (Å²) in [6, 6.07) is 5.29. The maximum absolute atomic E-state index is 5.91. The molecule has 12 heavy (non-hydrogen) atoms. The summed E-state index contributed by atoms with van der Waals surface area (Å²) < 4.78 is 2.83. The van der Waals surface area contributed by atoms with Crippen molar-refractivity contribution in [1.82, 2.24) is 3.53 Å². The van der Waals surface area contributed by atoms with Gasteiger partial charge in [-0.15, -0.1) is 0 Å². The third-order valence-electron chi connectivity index (χ3n) is 1.35. The van der Waals surface area contributed by atoms with Crippen molar-refractivity contribution >= 4 is 57.7 Å². The van der Waals surface area contributed by atoms with Crippen LogP contribution in [0.3, 0.4) is 0 Å². The van der Waals surface area contributed by atoms with Crippen molar-refractivity contribution in [3.63, 3.8) is 0 Å². The van der Waals surface area contributed by atoms with Crippen LogP contribution in [0.25, 0.3) is 0 Å². The minimum Gasteiger partial charge on any atom is -0.240 e. The number of benzene rings is 1. The first kappa shape index (κ1) is 10.9. The normalized spacial score (nSPS) is 13.0. The van der Waals surface area contributed by atoms with Crippen molar-refractivity contribution in [3.8, 4) is 0 Å². The van der Waals surface area contributed by atoms with E-state index in [9.17, 15) is 0 Å². The van der Waals surface area contributed by atoms with Gasteiger partial charge in [-0.05, 0) is 12.1 Å². The zero-order valence-electron chi connectivity index (χ0n) is 5.82. The maximum Gasteiger partial charge on any atom is 0.119 e. The second-order valence-electron chi connectivity index (χ2n) is 2.11. The highest BCUT2D eigenvalue weighted by Crippen LogP contribution is 2.32. The van der Waals surface area contributed by atoms with Crippen molar-refractivity contribution in [1.29, 1.82) is 0 Å². The van der Waals surface area contributed by atoms with Crippen LogP contribution >= 0.6 is 57.7 Å². The molecule has 1 aromatic rings. The number of hydrogen-bond acceptors (Lipinski definition) is 1. The molecule has 0 heterocycles. The molecular formula is C7H5Cl3IN. The smallest absolute Gasteiger partial charge is 0.119 e. The van der Waals surface area contributed by atoms with E-state index < -0.39 is 0 Å². The highest BCUT2D eigenvalue weighted by molar-refractivity contribution is 14.1. The van der Waals surface area contributed by atoms with Crippen molar-refractivity contribution in [2.75, 3.05) is 0 Å². The Morgan fingerprint density at radius 2 is 1.75 bits per heavy atom. The summed E-state index contributed by atoms with van der Waals surface area (Å²) in [6.45, 7) is 0. The minimum atomic E-state index is -0.355. The van der Waals surface area contributed by atoms with Crippen LogP contribution in [0, 0.1) is 0 Å². The lowest BCUT2D eigenvalue weighted by atomic mass is 10.2. The second-order valence-corrected chi connectivity index (χ2v) is 3.98. The van der Waals surface area contributed by atoms with Crippen LogP contribution in [-0.4, -0.2) is 0 Å². The van der Waals surface area contributed by atoms with Crippen LogP contribution in [0.4, 0.5) is 0 Å². The largest absolute Gasteiger partial charge is 0.240 e. The van der Waals surface area contributed by atoms with Crippen LogP contribution in [0.2, 0.25) is 10.0 Å². The fourth-order valence-electron chi connectivity index (χ4n) is 0.807. The van der Waals surface area contributed by atoms with Crippen LogP contribution in [0.5, 0.6) is 0 Å². The van der Waals surface area contributed by atoms with Gasteiger partial charge in [0.25, 0.3) is 0 Å². The molecule has 0 aromatic heterocycles. The highest BCUT2D eigenvalue weighted by atomic mass is 127. The van der Waals surface area contributed by atoms with Gasteiger partial charge in [0.15, 0.2) is 0 Å². The van der Waals surface area contributed by atoms with E-state index in [2.05, 4.69) is 3.53 Å². The number of rotatable bonds is 2. The van der Waals surface area contributed by atoms with E-state index in [1.54, 1.807) is 18.2 Å². The Morgan fingerprint density at radius 1 is 1.25 bits per heavy atom. The summed E-state index contributed by atoms with van der Waals surface area (Å²) in [5, 5.41) is 1.15. The molecule has 1 atom stereocenters. The molecule has 1 aromatic carbocycles. The molecule has 0 spiro atoms. The molecule has 1 N–H and O–H groups in total. The van der Waals surface area contributed by atoms with Gasteiger partial charge in [-0.3, -0.25) is 0 Å². The lowest BCUT2D eigenvalue weighted by Crippen LogP contribution is -2.04. The monoisotopic (exact) mass is 335 g/mol. The molecule has 0 bridgehead atoms. The third kappa shape index (κ3) is 2.39. The molecule has 0 radical (unpaired) electrons. The lowest BCUT2D eigenvalue weighted by Gasteiger charge is -2.10. The Hall–Kier alpha value is 0.780. The van der Waals surface area contributed by atoms with E-state index in [0.717, 1.165) is 5.56 Å². The molecular weight excluding hydrogens is 331 g/mol. The average Bonchev–Trinajstić information content (AvgIpc) is 2.03. The van der Waals surface area contributed by atoms with Gasteiger partial charge in [-0.25, -0.2) is 3.53 Å². The van der Waals surface area contributed by atoms with Crippen LogP contribution in [0.15, 0.2) is 18.2 Å². The van der Waals surface area contributed by atoms with Crippen LogP contribution < -0.4 is 3.53 Å².